The molecule has 0 aromatic heterocycles. The molecule has 2 aliphatic rings. The number of nitrogens with zero attached hydrogens (tertiary/aromatic N) is 3. The number of hydrogen-bond donors (Lipinski definition) is 2. The van der Waals surface area contributed by atoms with E-state index in [1.807, 2.05) is 30.3 Å². The van der Waals surface area contributed by atoms with Crippen molar-refractivity contribution in [1.29, 1.82) is 0 Å². The van der Waals surface area contributed by atoms with Gasteiger partial charge in [0.25, 0.3) is 0 Å². The average molecular weight is 360 g/mol. The van der Waals surface area contributed by atoms with Crippen molar-refractivity contribution in [3.8, 4) is 0 Å². The molecule has 2 heterocycles. The number of amides is 3. The molecule has 0 radical (unpaired) electrons. The molecule has 8 heteroatoms. The van der Waals surface area contributed by atoms with Gasteiger partial charge in [-0.3, -0.25) is 9.59 Å². The Morgan fingerprint density at radius 3 is 2.46 bits per heavy atom. The molecule has 0 bridgehead atoms. The molecule has 0 aliphatic carbocycles. The van der Waals surface area contributed by atoms with Crippen LogP contribution in [0.15, 0.2) is 30.3 Å². The van der Waals surface area contributed by atoms with Crippen molar-refractivity contribution in [2.45, 2.75) is 24.8 Å². The molecule has 0 unspecified atom stereocenters. The number of urea groups is 1. The lowest BCUT2D eigenvalue weighted by Gasteiger charge is -2.43. The Hall–Kier alpha value is -2.77. The molecule has 1 aromatic carbocycles. The van der Waals surface area contributed by atoms with E-state index in [2.05, 4.69) is 10.2 Å². The summed E-state index contributed by atoms with van der Waals surface area (Å²) in [6, 6.07) is 9.58. The average Bonchev–Trinajstić information content (AvgIpc) is 2.88. The van der Waals surface area contributed by atoms with E-state index in [0.29, 0.717) is 32.6 Å². The number of carboxylic acids is 1. The Morgan fingerprint density at radius 2 is 1.85 bits per heavy atom. The van der Waals surface area contributed by atoms with Gasteiger partial charge in [0, 0.05) is 32.4 Å². The number of likely N-dealkylation sites (N-methyl/N-ethyl adjacent to an activating group) is 1. The summed E-state index contributed by atoms with van der Waals surface area (Å²) in [6.07, 6.45) is 1.00. The summed E-state index contributed by atoms with van der Waals surface area (Å²) >= 11 is 0. The third kappa shape index (κ3) is 3.31. The number of likely N-dealkylation sites (tertiary alicyclic amines) is 1. The summed E-state index contributed by atoms with van der Waals surface area (Å²) in [6.45, 7) is 1.56. The fourth-order valence-electron chi connectivity index (χ4n) is 3.77. The number of aliphatic carboxylic acids is 1. The van der Waals surface area contributed by atoms with E-state index in [1.54, 1.807) is 16.8 Å². The number of rotatable bonds is 4. The van der Waals surface area contributed by atoms with E-state index in [9.17, 15) is 14.4 Å². The summed E-state index contributed by atoms with van der Waals surface area (Å²) in [7, 11) is 1.80. The number of para-hydroxylation sites is 1. The van der Waals surface area contributed by atoms with Crippen LogP contribution >= 0.6 is 0 Å². The lowest BCUT2D eigenvalue weighted by Crippen LogP contribution is -2.58. The molecule has 3 amide bonds. The number of benzene rings is 1. The maximum atomic E-state index is 12.9. The Balaban J connectivity index is 1.68. The minimum absolute atomic E-state index is 0.0901. The first-order valence-corrected chi connectivity index (χ1v) is 8.77. The first-order valence-electron chi connectivity index (χ1n) is 8.77. The molecule has 2 aliphatic heterocycles. The van der Waals surface area contributed by atoms with Gasteiger partial charge in [-0.15, -0.1) is 0 Å². The minimum Gasteiger partial charge on any atom is -0.481 e. The summed E-state index contributed by atoms with van der Waals surface area (Å²) in [5.41, 5.74) is 0.387. The molecule has 2 fully saturated rings. The lowest BCUT2D eigenvalue weighted by atomic mass is 9.85. The van der Waals surface area contributed by atoms with Gasteiger partial charge in [0.1, 0.15) is 5.54 Å². The second-order valence-electron chi connectivity index (χ2n) is 6.80. The Kier molecular flexibility index (Phi) is 5.01. The third-order valence-corrected chi connectivity index (χ3v) is 5.18. The molecule has 3 rings (SSSR count). The van der Waals surface area contributed by atoms with Crippen molar-refractivity contribution in [2.24, 2.45) is 0 Å². The van der Waals surface area contributed by atoms with Crippen LogP contribution in [-0.2, 0) is 9.59 Å². The van der Waals surface area contributed by atoms with Gasteiger partial charge < -0.3 is 25.1 Å². The number of carbonyl (C=O) groups is 3. The Bertz CT molecular complexity index is 686. The van der Waals surface area contributed by atoms with Crippen molar-refractivity contribution in [1.82, 2.24) is 15.1 Å². The van der Waals surface area contributed by atoms with Crippen LogP contribution in [0.5, 0.6) is 0 Å². The largest absolute Gasteiger partial charge is 0.481 e. The number of nitrogens with one attached hydrogen (secondary N) is 1. The molecule has 2 saturated heterocycles. The number of piperidine rings is 1. The van der Waals surface area contributed by atoms with Crippen LogP contribution < -0.4 is 10.2 Å². The first-order chi connectivity index (χ1) is 12.4. The number of anilines is 1. The van der Waals surface area contributed by atoms with E-state index in [0.717, 1.165) is 5.69 Å². The molecular weight excluding hydrogens is 336 g/mol. The third-order valence-electron chi connectivity index (χ3n) is 5.18. The molecule has 0 atom stereocenters. The SMILES string of the molecule is CN1CN(c2ccccc2)C2(CCN(C(=O)NCCC(=O)O)CC2)C1=O. The van der Waals surface area contributed by atoms with E-state index >= 15 is 0 Å². The van der Waals surface area contributed by atoms with Crippen LogP contribution in [0, 0.1) is 0 Å². The maximum Gasteiger partial charge on any atom is 0.317 e. The Morgan fingerprint density at radius 1 is 1.19 bits per heavy atom. The monoisotopic (exact) mass is 360 g/mol. The van der Waals surface area contributed by atoms with Crippen molar-refractivity contribution in [3.63, 3.8) is 0 Å². The van der Waals surface area contributed by atoms with Gasteiger partial charge in [-0.1, -0.05) is 18.2 Å². The van der Waals surface area contributed by atoms with Gasteiger partial charge in [-0.05, 0) is 25.0 Å². The van der Waals surface area contributed by atoms with Crippen molar-refractivity contribution in [3.05, 3.63) is 30.3 Å². The van der Waals surface area contributed by atoms with Gasteiger partial charge in [0.15, 0.2) is 0 Å². The quantitative estimate of drug-likeness (QED) is 0.834. The van der Waals surface area contributed by atoms with Crippen LogP contribution in [0.25, 0.3) is 0 Å². The molecule has 26 heavy (non-hydrogen) atoms. The van der Waals surface area contributed by atoms with Crippen LogP contribution in [0.2, 0.25) is 0 Å². The fraction of sp³-hybridized carbons (Fsp3) is 0.500. The fourth-order valence-corrected chi connectivity index (χ4v) is 3.77. The highest BCUT2D eigenvalue weighted by Gasteiger charge is 2.53. The number of carbonyl (C=O) groups excluding carboxylic acids is 2. The van der Waals surface area contributed by atoms with Crippen molar-refractivity contribution < 1.29 is 19.5 Å². The van der Waals surface area contributed by atoms with E-state index < -0.39 is 11.5 Å². The van der Waals surface area contributed by atoms with Crippen LogP contribution in [0.1, 0.15) is 19.3 Å². The minimum atomic E-state index is -0.944. The maximum absolute atomic E-state index is 12.9. The van der Waals surface area contributed by atoms with E-state index in [1.165, 1.54) is 0 Å². The predicted octanol–water partition coefficient (Wildman–Crippen LogP) is 0.941. The summed E-state index contributed by atoms with van der Waals surface area (Å²) in [5.74, 6) is -0.853. The second kappa shape index (κ2) is 7.23. The molecule has 140 valence electrons. The predicted molar refractivity (Wildman–Crippen MR) is 95.7 cm³/mol. The highest BCUT2D eigenvalue weighted by atomic mass is 16.4. The zero-order chi connectivity index (χ0) is 18.7. The van der Waals surface area contributed by atoms with E-state index in [-0.39, 0.29) is 24.9 Å². The van der Waals surface area contributed by atoms with Gasteiger partial charge >= 0.3 is 12.0 Å². The van der Waals surface area contributed by atoms with Crippen LogP contribution in [0.4, 0.5) is 10.5 Å². The molecule has 1 spiro atoms. The topological polar surface area (TPSA) is 93.2 Å². The molecular formula is C18H24N4O4. The number of hydrogen-bond acceptors (Lipinski definition) is 4. The Labute approximate surface area is 152 Å². The highest BCUT2D eigenvalue weighted by molar-refractivity contribution is 5.93. The van der Waals surface area contributed by atoms with E-state index in [4.69, 9.17) is 5.11 Å². The van der Waals surface area contributed by atoms with Gasteiger partial charge in [0.05, 0.1) is 13.1 Å². The first kappa shape index (κ1) is 18.0. The van der Waals surface area contributed by atoms with Crippen LogP contribution in [-0.4, -0.2) is 71.7 Å². The molecule has 0 saturated carbocycles. The smallest absolute Gasteiger partial charge is 0.317 e. The number of carboxylic acid groups (broad SMARTS) is 1. The van der Waals surface area contributed by atoms with Crippen molar-refractivity contribution >= 4 is 23.6 Å². The standard InChI is InChI=1S/C18H24N4O4/c1-20-13-22(14-5-3-2-4-6-14)18(16(20)25)8-11-21(12-9-18)17(26)19-10-7-15(23)24/h2-6H,7-13H2,1H3,(H,19,26)(H,23,24). The second-order valence-corrected chi connectivity index (χ2v) is 6.80. The van der Waals surface area contributed by atoms with Crippen molar-refractivity contribution in [2.75, 3.05) is 38.3 Å². The molecule has 2 N–H and O–H groups in total. The molecule has 1 aromatic rings. The normalized spacial score (nSPS) is 19.1. The zero-order valence-corrected chi connectivity index (χ0v) is 14.9. The lowest BCUT2D eigenvalue weighted by molar-refractivity contribution is -0.137. The summed E-state index contributed by atoms with van der Waals surface area (Å²) in [4.78, 5) is 41.2. The highest BCUT2D eigenvalue weighted by Crippen LogP contribution is 2.38. The summed E-state index contributed by atoms with van der Waals surface area (Å²) in [5, 5.41) is 11.3. The summed E-state index contributed by atoms with van der Waals surface area (Å²) < 4.78 is 0. The van der Waals surface area contributed by atoms with Gasteiger partial charge in [0.2, 0.25) is 5.91 Å². The van der Waals surface area contributed by atoms with Gasteiger partial charge in [-0.2, -0.15) is 0 Å². The van der Waals surface area contributed by atoms with Gasteiger partial charge in [-0.25, -0.2) is 4.79 Å². The zero-order valence-electron chi connectivity index (χ0n) is 14.9. The molecule has 8 nitrogen and oxygen atoms in total. The van der Waals surface area contributed by atoms with Crippen LogP contribution in [0.3, 0.4) is 0 Å².